The van der Waals surface area contributed by atoms with E-state index in [9.17, 15) is 0 Å². The van der Waals surface area contributed by atoms with Crippen molar-refractivity contribution in [1.82, 2.24) is 0 Å². The van der Waals surface area contributed by atoms with E-state index in [1.54, 1.807) is 0 Å². The van der Waals surface area contributed by atoms with Gasteiger partial charge in [-0.1, -0.05) is 203 Å². The van der Waals surface area contributed by atoms with Gasteiger partial charge in [0, 0.05) is 24.0 Å². The van der Waals surface area contributed by atoms with Gasteiger partial charge >= 0.3 is 0 Å². The van der Waals surface area contributed by atoms with Gasteiger partial charge in [-0.05, 0) is 49.1 Å². The Morgan fingerprint density at radius 2 is 0.841 bits per heavy atom. The first kappa shape index (κ1) is 38.0. The third-order valence-corrected chi connectivity index (χ3v) is 9.24. The second kappa shape index (κ2) is 26.1. The van der Waals surface area contributed by atoms with Gasteiger partial charge in [-0.2, -0.15) is 0 Å². The van der Waals surface area contributed by atoms with Crippen LogP contribution in [0.5, 0.6) is 0 Å². The lowest BCUT2D eigenvalue weighted by Crippen LogP contribution is -1.91. The Balaban J connectivity index is 1.71. The number of unbranched alkanes of at least 4 members (excludes halogenated alkanes) is 24. The summed E-state index contributed by atoms with van der Waals surface area (Å²) in [6.45, 7) is 8.99. The first-order valence-corrected chi connectivity index (χ1v) is 19.2. The molecule has 0 saturated heterocycles. The van der Waals surface area contributed by atoms with E-state index in [4.69, 9.17) is 0 Å². The molecule has 0 saturated carbocycles. The molecule has 0 atom stereocenters. The lowest BCUT2D eigenvalue weighted by atomic mass is 9.94. The third-order valence-electron chi connectivity index (χ3n) is 9.24. The average Bonchev–Trinajstić information content (AvgIpc) is 3.02. The van der Waals surface area contributed by atoms with Gasteiger partial charge in [-0.3, -0.25) is 0 Å². The van der Waals surface area contributed by atoms with Gasteiger partial charge in [0.15, 0.2) is 0 Å². The maximum absolute atomic E-state index is 3.56. The van der Waals surface area contributed by atoms with Crippen LogP contribution < -0.4 is 0 Å². The minimum Gasteiger partial charge on any atom is -0.0979 e. The fraction of sp³-hybridized carbons (Fsp3) is 0.682. The normalized spacial score (nSPS) is 10.9. The van der Waals surface area contributed by atoms with Crippen molar-refractivity contribution in [2.24, 2.45) is 0 Å². The van der Waals surface area contributed by atoms with Crippen LogP contribution in [-0.2, 0) is 0 Å². The number of aryl methyl sites for hydroxylation is 2. The molecule has 0 unspecified atom stereocenters. The second-order valence-electron chi connectivity index (χ2n) is 13.5. The Kier molecular flexibility index (Phi) is 22.5. The van der Waals surface area contributed by atoms with Gasteiger partial charge in [0.25, 0.3) is 0 Å². The van der Waals surface area contributed by atoms with E-state index in [0.717, 1.165) is 12.8 Å². The quantitative estimate of drug-likeness (QED) is 0.0835. The van der Waals surface area contributed by atoms with Gasteiger partial charge in [0.1, 0.15) is 0 Å². The zero-order valence-corrected chi connectivity index (χ0v) is 29.7. The molecular formula is C44H68. The van der Waals surface area contributed by atoms with Crippen LogP contribution in [0.25, 0.3) is 10.8 Å². The number of benzene rings is 2. The Morgan fingerprint density at radius 3 is 1.30 bits per heavy atom. The summed E-state index contributed by atoms with van der Waals surface area (Å²) < 4.78 is 0. The maximum Gasteiger partial charge on any atom is 0.0353 e. The molecule has 0 bridgehead atoms. The Hall–Kier alpha value is -2.18. The van der Waals surface area contributed by atoms with Crippen LogP contribution in [0.2, 0.25) is 0 Å². The summed E-state index contributed by atoms with van der Waals surface area (Å²) in [5.74, 6) is 14.1. The molecule has 0 nitrogen and oxygen atoms in total. The molecule has 0 radical (unpaired) electrons. The van der Waals surface area contributed by atoms with Crippen molar-refractivity contribution in [2.75, 3.05) is 0 Å². The van der Waals surface area contributed by atoms with Crippen LogP contribution in [0, 0.1) is 37.5 Å². The molecule has 2 aromatic rings. The smallest absolute Gasteiger partial charge is 0.0353 e. The first-order valence-electron chi connectivity index (χ1n) is 19.2. The average molecular weight is 597 g/mol. The summed E-state index contributed by atoms with van der Waals surface area (Å²) in [6.07, 6.45) is 35.3. The summed E-state index contributed by atoms with van der Waals surface area (Å²) in [4.78, 5) is 0. The molecular weight excluding hydrogens is 528 g/mol. The first-order chi connectivity index (χ1) is 21.7. The molecule has 0 spiro atoms. The van der Waals surface area contributed by atoms with E-state index < -0.39 is 0 Å². The second-order valence-corrected chi connectivity index (χ2v) is 13.5. The van der Waals surface area contributed by atoms with E-state index in [1.165, 1.54) is 187 Å². The summed E-state index contributed by atoms with van der Waals surface area (Å²) >= 11 is 0. The topological polar surface area (TPSA) is 0 Å². The zero-order chi connectivity index (χ0) is 31.5. The molecule has 0 aliphatic rings. The van der Waals surface area contributed by atoms with Gasteiger partial charge in [-0.25, -0.2) is 0 Å². The lowest BCUT2D eigenvalue weighted by Gasteiger charge is -2.09. The molecule has 244 valence electrons. The molecule has 0 heterocycles. The van der Waals surface area contributed by atoms with E-state index >= 15 is 0 Å². The highest BCUT2D eigenvalue weighted by Crippen LogP contribution is 2.27. The zero-order valence-electron chi connectivity index (χ0n) is 29.7. The molecule has 0 heteroatoms. The van der Waals surface area contributed by atoms with Crippen LogP contribution in [0.15, 0.2) is 24.3 Å². The van der Waals surface area contributed by atoms with Gasteiger partial charge in [0.05, 0.1) is 0 Å². The summed E-state index contributed by atoms with van der Waals surface area (Å²) in [6, 6.07) is 9.08. The highest BCUT2D eigenvalue weighted by atomic mass is 14.1. The Bertz CT molecular complexity index is 1130. The van der Waals surface area contributed by atoms with Crippen molar-refractivity contribution >= 4 is 10.8 Å². The van der Waals surface area contributed by atoms with Crippen molar-refractivity contribution in [1.29, 1.82) is 0 Å². The SMILES string of the molecule is CCCCCCCCCCCCCCC#Cc1cc(C)c(C#CCCCCCCCCCCCCCC)c2ccc(C)cc12. The molecule has 0 N–H and O–H groups in total. The van der Waals surface area contributed by atoms with Crippen LogP contribution in [0.1, 0.15) is 203 Å². The summed E-state index contributed by atoms with van der Waals surface area (Å²) in [7, 11) is 0. The standard InChI is InChI=1S/C44H68/c1-5-7-9-11-13-15-17-19-21-23-25-27-29-31-33-41-38-40(4)42(43-36-35-39(3)37-44(41)43)34-32-30-28-26-24-22-20-18-16-14-12-10-8-6-2/h35-38H,5-30H2,1-4H3. The van der Waals surface area contributed by atoms with Crippen molar-refractivity contribution in [3.05, 3.63) is 46.5 Å². The van der Waals surface area contributed by atoms with E-state index in [0.29, 0.717) is 0 Å². The molecule has 0 fully saturated rings. The van der Waals surface area contributed by atoms with Crippen LogP contribution >= 0.6 is 0 Å². The summed E-state index contributed by atoms with van der Waals surface area (Å²) in [5.41, 5.74) is 4.93. The van der Waals surface area contributed by atoms with Crippen LogP contribution in [0.4, 0.5) is 0 Å². The number of rotatable bonds is 24. The Morgan fingerprint density at radius 1 is 0.432 bits per heavy atom. The lowest BCUT2D eigenvalue weighted by molar-refractivity contribution is 0.545. The molecule has 44 heavy (non-hydrogen) atoms. The largest absolute Gasteiger partial charge is 0.0979 e. The van der Waals surface area contributed by atoms with Crippen molar-refractivity contribution in [3.63, 3.8) is 0 Å². The van der Waals surface area contributed by atoms with Crippen LogP contribution in [-0.4, -0.2) is 0 Å². The minimum atomic E-state index is 1.00. The monoisotopic (exact) mass is 597 g/mol. The van der Waals surface area contributed by atoms with E-state index in [2.05, 4.69) is 75.6 Å². The minimum absolute atomic E-state index is 1.00. The van der Waals surface area contributed by atoms with Gasteiger partial charge < -0.3 is 0 Å². The number of fused-ring (bicyclic) bond motifs is 1. The third kappa shape index (κ3) is 17.3. The molecule has 2 aromatic carbocycles. The molecule has 0 aliphatic heterocycles. The molecule has 0 amide bonds. The molecule has 0 aliphatic carbocycles. The summed E-state index contributed by atoms with van der Waals surface area (Å²) in [5, 5.41) is 2.54. The highest BCUT2D eigenvalue weighted by Gasteiger charge is 2.08. The predicted octanol–water partition coefficient (Wildman–Crippen LogP) is 14.3. The maximum atomic E-state index is 3.56. The van der Waals surface area contributed by atoms with Crippen molar-refractivity contribution in [3.8, 4) is 23.7 Å². The van der Waals surface area contributed by atoms with E-state index in [1.807, 2.05) is 0 Å². The van der Waals surface area contributed by atoms with Gasteiger partial charge in [0.2, 0.25) is 0 Å². The van der Waals surface area contributed by atoms with Crippen LogP contribution in [0.3, 0.4) is 0 Å². The number of hydrogen-bond acceptors (Lipinski definition) is 0. The fourth-order valence-electron chi connectivity index (χ4n) is 6.36. The molecule has 2 rings (SSSR count). The van der Waals surface area contributed by atoms with Gasteiger partial charge in [-0.15, -0.1) is 0 Å². The highest BCUT2D eigenvalue weighted by molar-refractivity contribution is 5.94. The van der Waals surface area contributed by atoms with Crippen molar-refractivity contribution in [2.45, 2.75) is 195 Å². The van der Waals surface area contributed by atoms with E-state index in [-0.39, 0.29) is 0 Å². The predicted molar refractivity (Wildman–Crippen MR) is 199 cm³/mol. The number of hydrogen-bond donors (Lipinski definition) is 0. The molecule has 0 aromatic heterocycles. The fourth-order valence-corrected chi connectivity index (χ4v) is 6.36. The Labute approximate surface area is 275 Å². The van der Waals surface area contributed by atoms with Crippen molar-refractivity contribution < 1.29 is 0 Å².